The van der Waals surface area contributed by atoms with Crippen molar-refractivity contribution in [3.8, 4) is 11.4 Å². The zero-order valence-corrected chi connectivity index (χ0v) is 18.1. The van der Waals surface area contributed by atoms with Crippen LogP contribution < -0.4 is 4.90 Å². The molecule has 0 amide bonds. The molecule has 32 heavy (non-hydrogen) atoms. The summed E-state index contributed by atoms with van der Waals surface area (Å²) in [6.45, 7) is 5.19. The van der Waals surface area contributed by atoms with Gasteiger partial charge < -0.3 is 14.7 Å². The molecule has 0 aromatic carbocycles. The quantitative estimate of drug-likeness (QED) is 0.674. The maximum atomic E-state index is 10.2. The van der Waals surface area contributed by atoms with Gasteiger partial charge in [0.2, 0.25) is 0 Å². The van der Waals surface area contributed by atoms with Crippen LogP contribution >= 0.6 is 0 Å². The van der Waals surface area contributed by atoms with Crippen molar-refractivity contribution in [2.45, 2.75) is 31.4 Å². The molecule has 3 saturated heterocycles. The third-order valence-electron chi connectivity index (χ3n) is 7.50. The number of ether oxygens (including phenoxy) is 1. The van der Waals surface area contributed by atoms with Gasteiger partial charge in [0.05, 0.1) is 37.1 Å². The highest BCUT2D eigenvalue weighted by atomic mass is 16.5. The third-order valence-corrected chi connectivity index (χ3v) is 7.50. The number of fused-ring (bicyclic) bond motifs is 1. The fraction of sp³-hybridized carbons (Fsp3) is 0.500. The smallest absolute Gasteiger partial charge is 0.162 e. The van der Waals surface area contributed by atoms with Crippen LogP contribution in [0.3, 0.4) is 0 Å². The van der Waals surface area contributed by atoms with E-state index in [0.29, 0.717) is 24.5 Å². The lowest BCUT2D eigenvalue weighted by Gasteiger charge is -2.40. The molecule has 3 aliphatic heterocycles. The SMILES string of the molecule is O[C@H]1COC[C@@H]1N1CCC2(CCN(c3nc(-c4ccncc4)nc4cnccc34)CC2)C1. The van der Waals surface area contributed by atoms with Crippen molar-refractivity contribution in [1.29, 1.82) is 0 Å². The Morgan fingerprint density at radius 1 is 0.938 bits per heavy atom. The summed E-state index contributed by atoms with van der Waals surface area (Å²) in [5.41, 5.74) is 2.16. The number of hydrogen-bond acceptors (Lipinski definition) is 8. The van der Waals surface area contributed by atoms with Gasteiger partial charge in [0.25, 0.3) is 0 Å². The minimum absolute atomic E-state index is 0.161. The normalized spacial score (nSPS) is 25.7. The van der Waals surface area contributed by atoms with Gasteiger partial charge >= 0.3 is 0 Å². The van der Waals surface area contributed by atoms with Gasteiger partial charge in [-0.2, -0.15) is 0 Å². The van der Waals surface area contributed by atoms with Crippen LogP contribution in [-0.2, 0) is 4.74 Å². The van der Waals surface area contributed by atoms with E-state index in [0.717, 1.165) is 61.3 Å². The molecule has 166 valence electrons. The lowest BCUT2D eigenvalue weighted by atomic mass is 9.77. The minimum Gasteiger partial charge on any atom is -0.389 e. The van der Waals surface area contributed by atoms with Crippen molar-refractivity contribution in [2.24, 2.45) is 5.41 Å². The molecule has 8 heteroatoms. The van der Waals surface area contributed by atoms with Crippen LogP contribution in [0.4, 0.5) is 5.82 Å². The van der Waals surface area contributed by atoms with E-state index in [-0.39, 0.29) is 12.1 Å². The first-order valence-corrected chi connectivity index (χ1v) is 11.5. The molecule has 3 fully saturated rings. The molecule has 0 aliphatic carbocycles. The molecule has 3 aliphatic rings. The molecule has 8 nitrogen and oxygen atoms in total. The molecular formula is C24H28N6O2. The Labute approximate surface area is 187 Å². The molecule has 6 rings (SSSR count). The van der Waals surface area contributed by atoms with Crippen molar-refractivity contribution in [1.82, 2.24) is 24.8 Å². The third kappa shape index (κ3) is 3.52. The van der Waals surface area contributed by atoms with Crippen LogP contribution in [0.1, 0.15) is 19.3 Å². The first-order valence-electron chi connectivity index (χ1n) is 11.5. The number of aliphatic hydroxyl groups excluding tert-OH is 1. The van der Waals surface area contributed by atoms with Crippen LogP contribution in [0.25, 0.3) is 22.3 Å². The molecule has 6 heterocycles. The maximum Gasteiger partial charge on any atom is 0.162 e. The van der Waals surface area contributed by atoms with Crippen molar-refractivity contribution in [2.75, 3.05) is 44.3 Å². The number of aliphatic hydroxyl groups is 1. The fourth-order valence-corrected chi connectivity index (χ4v) is 5.57. The number of likely N-dealkylation sites (tertiary alicyclic amines) is 1. The van der Waals surface area contributed by atoms with Gasteiger partial charge in [-0.05, 0) is 49.4 Å². The topological polar surface area (TPSA) is 87.5 Å². The summed E-state index contributed by atoms with van der Waals surface area (Å²) in [6, 6.07) is 6.07. The molecule has 0 saturated carbocycles. The molecular weight excluding hydrogens is 404 g/mol. The summed E-state index contributed by atoms with van der Waals surface area (Å²) in [5.74, 6) is 1.71. The van der Waals surface area contributed by atoms with E-state index in [2.05, 4.69) is 19.8 Å². The maximum absolute atomic E-state index is 10.2. The number of pyridine rings is 2. The Bertz CT molecular complexity index is 1100. The lowest BCUT2D eigenvalue weighted by Crippen LogP contribution is -2.45. The molecule has 1 N–H and O–H groups in total. The Morgan fingerprint density at radius 3 is 2.50 bits per heavy atom. The van der Waals surface area contributed by atoms with Crippen LogP contribution in [0.15, 0.2) is 43.0 Å². The van der Waals surface area contributed by atoms with E-state index < -0.39 is 0 Å². The highest BCUT2D eigenvalue weighted by Gasteiger charge is 2.45. The fourth-order valence-electron chi connectivity index (χ4n) is 5.57. The zero-order chi connectivity index (χ0) is 21.5. The Hall–Kier alpha value is -2.68. The van der Waals surface area contributed by atoms with Crippen molar-refractivity contribution >= 4 is 16.7 Å². The van der Waals surface area contributed by atoms with Gasteiger partial charge in [0.15, 0.2) is 5.82 Å². The molecule has 2 atom stereocenters. The number of hydrogen-bond donors (Lipinski definition) is 1. The van der Waals surface area contributed by atoms with Crippen LogP contribution in [0, 0.1) is 5.41 Å². The zero-order valence-electron chi connectivity index (χ0n) is 18.1. The summed E-state index contributed by atoms with van der Waals surface area (Å²) < 4.78 is 5.50. The first kappa shape index (κ1) is 20.0. The summed E-state index contributed by atoms with van der Waals surface area (Å²) in [7, 11) is 0. The number of aromatic nitrogens is 4. The number of nitrogens with zero attached hydrogens (tertiary/aromatic N) is 6. The summed E-state index contributed by atoms with van der Waals surface area (Å²) in [6.07, 6.45) is 10.3. The van der Waals surface area contributed by atoms with Crippen LogP contribution in [0.2, 0.25) is 0 Å². The second-order valence-corrected chi connectivity index (χ2v) is 9.38. The standard InChI is InChI=1S/C24H28N6O2/c31-21-15-32-14-20(21)30-12-6-24(16-30)4-10-29(11-5-24)23-18-3-9-26-13-19(18)27-22(28-23)17-1-7-25-8-2-17/h1-3,7-9,13,20-21,31H,4-6,10-12,14-16H2/t20-,21-/m0/s1. The van der Waals surface area contributed by atoms with E-state index in [1.54, 1.807) is 12.4 Å². The van der Waals surface area contributed by atoms with Gasteiger partial charge in [-0.25, -0.2) is 9.97 Å². The number of piperidine rings is 1. The predicted octanol–water partition coefficient (Wildman–Crippen LogP) is 2.14. The summed E-state index contributed by atoms with van der Waals surface area (Å²) in [5, 5.41) is 11.3. The number of anilines is 1. The van der Waals surface area contributed by atoms with E-state index in [4.69, 9.17) is 14.7 Å². The minimum atomic E-state index is -0.349. The monoisotopic (exact) mass is 432 g/mol. The van der Waals surface area contributed by atoms with Crippen molar-refractivity contribution in [3.63, 3.8) is 0 Å². The highest BCUT2D eigenvalue weighted by Crippen LogP contribution is 2.43. The van der Waals surface area contributed by atoms with Gasteiger partial charge in [0, 0.05) is 49.2 Å². The van der Waals surface area contributed by atoms with Gasteiger partial charge in [0.1, 0.15) is 5.82 Å². The molecule has 3 aromatic heterocycles. The second kappa shape index (κ2) is 8.03. The molecule has 0 radical (unpaired) electrons. The second-order valence-electron chi connectivity index (χ2n) is 9.38. The molecule has 0 bridgehead atoms. The molecule has 3 aromatic rings. The van der Waals surface area contributed by atoms with E-state index in [9.17, 15) is 5.11 Å². The predicted molar refractivity (Wildman–Crippen MR) is 121 cm³/mol. The van der Waals surface area contributed by atoms with Gasteiger partial charge in [-0.3, -0.25) is 14.9 Å². The van der Waals surface area contributed by atoms with Gasteiger partial charge in [-0.1, -0.05) is 0 Å². The first-order chi connectivity index (χ1) is 15.7. The van der Waals surface area contributed by atoms with Crippen molar-refractivity contribution in [3.05, 3.63) is 43.0 Å². The van der Waals surface area contributed by atoms with Crippen molar-refractivity contribution < 1.29 is 9.84 Å². The van der Waals surface area contributed by atoms with Gasteiger partial charge in [-0.15, -0.1) is 0 Å². The lowest BCUT2D eigenvalue weighted by molar-refractivity contribution is 0.0849. The summed E-state index contributed by atoms with van der Waals surface area (Å²) in [4.78, 5) is 23.0. The summed E-state index contributed by atoms with van der Waals surface area (Å²) >= 11 is 0. The molecule has 0 unspecified atom stereocenters. The highest BCUT2D eigenvalue weighted by molar-refractivity contribution is 5.90. The van der Waals surface area contributed by atoms with Crippen LogP contribution in [-0.4, -0.2) is 81.5 Å². The molecule has 1 spiro atoms. The number of rotatable bonds is 3. The average Bonchev–Trinajstić information content (AvgIpc) is 3.45. The Kier molecular flexibility index (Phi) is 5.01. The largest absolute Gasteiger partial charge is 0.389 e. The van der Waals surface area contributed by atoms with Crippen LogP contribution in [0.5, 0.6) is 0 Å². The Morgan fingerprint density at radius 2 is 1.72 bits per heavy atom. The Balaban J connectivity index is 1.24. The van der Waals surface area contributed by atoms with E-state index in [1.807, 2.05) is 30.6 Å². The van der Waals surface area contributed by atoms with E-state index in [1.165, 1.54) is 6.42 Å². The van der Waals surface area contributed by atoms with E-state index >= 15 is 0 Å². The average molecular weight is 433 g/mol.